The highest BCUT2D eigenvalue weighted by molar-refractivity contribution is 7.09. The normalized spacial score (nSPS) is 16.0. The molecule has 5 nitrogen and oxygen atoms in total. The number of rotatable bonds is 5. The number of thiophene rings is 1. The molecule has 0 unspecified atom stereocenters. The standard InChI is InChI=1S/C17H23N3O2S/c1-13-16(14(2)22-18-13)5-6-17(21)20-9-7-19(8-10-20)12-15-4-3-11-23-15/h3-4,11H,5-10,12H2,1-2H3. The van der Waals surface area contributed by atoms with E-state index in [1.807, 2.05) is 18.7 Å². The van der Waals surface area contributed by atoms with E-state index in [0.717, 1.165) is 56.2 Å². The van der Waals surface area contributed by atoms with Crippen LogP contribution in [0.5, 0.6) is 0 Å². The van der Waals surface area contributed by atoms with E-state index in [4.69, 9.17) is 4.52 Å². The smallest absolute Gasteiger partial charge is 0.222 e. The lowest BCUT2D eigenvalue weighted by Crippen LogP contribution is -2.48. The fourth-order valence-corrected chi connectivity index (χ4v) is 3.77. The fraction of sp³-hybridized carbons (Fsp3) is 0.529. The first-order valence-corrected chi connectivity index (χ1v) is 8.95. The van der Waals surface area contributed by atoms with Crippen LogP contribution in [0.15, 0.2) is 22.0 Å². The summed E-state index contributed by atoms with van der Waals surface area (Å²) < 4.78 is 5.16. The Balaban J connectivity index is 1.45. The molecule has 1 amide bonds. The molecule has 0 aliphatic carbocycles. The van der Waals surface area contributed by atoms with Crippen molar-refractivity contribution in [3.63, 3.8) is 0 Å². The molecular formula is C17H23N3O2S. The zero-order valence-electron chi connectivity index (χ0n) is 13.7. The highest BCUT2D eigenvalue weighted by Gasteiger charge is 2.21. The molecule has 0 atom stereocenters. The molecule has 1 aliphatic heterocycles. The summed E-state index contributed by atoms with van der Waals surface area (Å²) in [6, 6.07) is 4.26. The molecule has 3 rings (SSSR count). The van der Waals surface area contributed by atoms with E-state index in [0.29, 0.717) is 6.42 Å². The molecular weight excluding hydrogens is 310 g/mol. The average Bonchev–Trinajstić information content (AvgIpc) is 3.17. The van der Waals surface area contributed by atoms with Crippen LogP contribution < -0.4 is 0 Å². The zero-order chi connectivity index (χ0) is 16.2. The molecule has 0 bridgehead atoms. The molecule has 2 aromatic heterocycles. The molecule has 0 spiro atoms. The van der Waals surface area contributed by atoms with Gasteiger partial charge in [-0.25, -0.2) is 0 Å². The highest BCUT2D eigenvalue weighted by atomic mass is 32.1. The zero-order valence-corrected chi connectivity index (χ0v) is 14.6. The van der Waals surface area contributed by atoms with Crippen LogP contribution in [0.2, 0.25) is 0 Å². The van der Waals surface area contributed by atoms with Crippen molar-refractivity contribution in [1.82, 2.24) is 15.0 Å². The first kappa shape index (κ1) is 16.2. The molecule has 1 saturated heterocycles. The topological polar surface area (TPSA) is 49.6 Å². The van der Waals surface area contributed by atoms with E-state index < -0.39 is 0 Å². The van der Waals surface area contributed by atoms with Crippen LogP contribution >= 0.6 is 11.3 Å². The molecule has 6 heteroatoms. The van der Waals surface area contributed by atoms with Crippen molar-refractivity contribution < 1.29 is 9.32 Å². The highest BCUT2D eigenvalue weighted by Crippen LogP contribution is 2.16. The lowest BCUT2D eigenvalue weighted by molar-refractivity contribution is -0.132. The van der Waals surface area contributed by atoms with Crippen LogP contribution in [-0.2, 0) is 17.8 Å². The number of aromatic nitrogens is 1. The summed E-state index contributed by atoms with van der Waals surface area (Å²) >= 11 is 1.80. The number of hydrogen-bond donors (Lipinski definition) is 0. The van der Waals surface area contributed by atoms with Crippen molar-refractivity contribution in [3.8, 4) is 0 Å². The Labute approximate surface area is 140 Å². The summed E-state index contributed by atoms with van der Waals surface area (Å²) in [4.78, 5) is 18.2. The Morgan fingerprint density at radius 2 is 2.09 bits per heavy atom. The third-order valence-corrected chi connectivity index (χ3v) is 5.32. The van der Waals surface area contributed by atoms with Crippen LogP contribution in [0.1, 0.15) is 28.3 Å². The van der Waals surface area contributed by atoms with Gasteiger partial charge >= 0.3 is 0 Å². The summed E-state index contributed by atoms with van der Waals surface area (Å²) in [6.07, 6.45) is 1.25. The summed E-state index contributed by atoms with van der Waals surface area (Å²) in [5.41, 5.74) is 1.98. The number of carbonyl (C=O) groups is 1. The van der Waals surface area contributed by atoms with Gasteiger partial charge in [0.15, 0.2) is 0 Å². The summed E-state index contributed by atoms with van der Waals surface area (Å²) in [5.74, 6) is 1.07. The molecule has 0 aromatic carbocycles. The van der Waals surface area contributed by atoms with Crippen molar-refractivity contribution in [2.24, 2.45) is 0 Å². The van der Waals surface area contributed by atoms with Gasteiger partial charge in [-0.1, -0.05) is 11.2 Å². The Morgan fingerprint density at radius 3 is 2.70 bits per heavy atom. The third kappa shape index (κ3) is 4.00. The van der Waals surface area contributed by atoms with Crippen LogP contribution in [0.3, 0.4) is 0 Å². The molecule has 0 saturated carbocycles. The lowest BCUT2D eigenvalue weighted by atomic mass is 10.1. The van der Waals surface area contributed by atoms with Gasteiger partial charge in [0.1, 0.15) is 5.76 Å². The van der Waals surface area contributed by atoms with Gasteiger partial charge in [-0.3, -0.25) is 9.69 Å². The van der Waals surface area contributed by atoms with Crippen LogP contribution in [-0.4, -0.2) is 47.0 Å². The Morgan fingerprint density at radius 1 is 1.30 bits per heavy atom. The second-order valence-corrected chi connectivity index (χ2v) is 7.07. The van der Waals surface area contributed by atoms with Crippen molar-refractivity contribution in [2.45, 2.75) is 33.2 Å². The van der Waals surface area contributed by atoms with Crippen molar-refractivity contribution >= 4 is 17.2 Å². The predicted octanol–water partition coefficient (Wildman–Crippen LogP) is 2.63. The second-order valence-electron chi connectivity index (χ2n) is 6.04. The van der Waals surface area contributed by atoms with E-state index >= 15 is 0 Å². The minimum Gasteiger partial charge on any atom is -0.361 e. The van der Waals surface area contributed by atoms with Crippen LogP contribution in [0.25, 0.3) is 0 Å². The van der Waals surface area contributed by atoms with Crippen LogP contribution in [0.4, 0.5) is 0 Å². The SMILES string of the molecule is Cc1noc(C)c1CCC(=O)N1CCN(Cc2cccs2)CC1. The van der Waals surface area contributed by atoms with Crippen LogP contribution in [0, 0.1) is 13.8 Å². The molecule has 2 aromatic rings. The Kier molecular flexibility index (Phi) is 5.13. The lowest BCUT2D eigenvalue weighted by Gasteiger charge is -2.34. The van der Waals surface area contributed by atoms with Gasteiger partial charge in [-0.15, -0.1) is 11.3 Å². The van der Waals surface area contributed by atoms with Gasteiger partial charge in [0, 0.05) is 49.6 Å². The first-order chi connectivity index (χ1) is 11.1. The molecule has 0 N–H and O–H groups in total. The first-order valence-electron chi connectivity index (χ1n) is 8.08. The molecule has 3 heterocycles. The monoisotopic (exact) mass is 333 g/mol. The number of piperazine rings is 1. The summed E-state index contributed by atoms with van der Waals surface area (Å²) in [7, 11) is 0. The largest absolute Gasteiger partial charge is 0.361 e. The molecule has 0 radical (unpaired) electrons. The second kappa shape index (κ2) is 7.27. The van der Waals surface area contributed by atoms with E-state index in [-0.39, 0.29) is 5.91 Å². The Hall–Kier alpha value is -1.66. The number of carbonyl (C=O) groups excluding carboxylic acids is 1. The van der Waals surface area contributed by atoms with Gasteiger partial charge in [0.2, 0.25) is 5.91 Å². The van der Waals surface area contributed by atoms with Gasteiger partial charge in [0.25, 0.3) is 0 Å². The maximum atomic E-state index is 12.4. The maximum absolute atomic E-state index is 12.4. The predicted molar refractivity (Wildman–Crippen MR) is 90.5 cm³/mol. The van der Waals surface area contributed by atoms with Crippen molar-refractivity contribution in [2.75, 3.05) is 26.2 Å². The number of amides is 1. The Bertz CT molecular complexity index is 623. The fourth-order valence-electron chi connectivity index (χ4n) is 3.03. The third-order valence-electron chi connectivity index (χ3n) is 4.45. The number of nitrogens with zero attached hydrogens (tertiary/aromatic N) is 3. The summed E-state index contributed by atoms with van der Waals surface area (Å²) in [5, 5.41) is 6.06. The number of aryl methyl sites for hydroxylation is 2. The molecule has 1 aliphatic rings. The van der Waals surface area contributed by atoms with Crippen molar-refractivity contribution in [1.29, 1.82) is 0 Å². The van der Waals surface area contributed by atoms with E-state index in [9.17, 15) is 4.79 Å². The quantitative estimate of drug-likeness (QED) is 0.844. The molecule has 1 fully saturated rings. The van der Waals surface area contributed by atoms with Gasteiger partial charge in [-0.2, -0.15) is 0 Å². The van der Waals surface area contributed by atoms with Gasteiger partial charge in [-0.05, 0) is 31.7 Å². The van der Waals surface area contributed by atoms with Gasteiger partial charge in [0.05, 0.1) is 5.69 Å². The average molecular weight is 333 g/mol. The van der Waals surface area contributed by atoms with Gasteiger partial charge < -0.3 is 9.42 Å². The van der Waals surface area contributed by atoms with Crippen molar-refractivity contribution in [3.05, 3.63) is 39.4 Å². The maximum Gasteiger partial charge on any atom is 0.222 e. The minimum absolute atomic E-state index is 0.237. The van der Waals surface area contributed by atoms with E-state index in [2.05, 4.69) is 27.6 Å². The number of hydrogen-bond acceptors (Lipinski definition) is 5. The molecule has 23 heavy (non-hydrogen) atoms. The molecule has 124 valence electrons. The summed E-state index contributed by atoms with van der Waals surface area (Å²) in [6.45, 7) is 8.39. The van der Waals surface area contributed by atoms with E-state index in [1.165, 1.54) is 4.88 Å². The van der Waals surface area contributed by atoms with E-state index in [1.54, 1.807) is 11.3 Å². The minimum atomic E-state index is 0.237.